The highest BCUT2D eigenvalue weighted by atomic mass is 14.4. The molecule has 3 aromatic rings. The fourth-order valence-corrected chi connectivity index (χ4v) is 4.55. The first-order valence-electron chi connectivity index (χ1n) is 9.11. The molecule has 0 saturated heterocycles. The fraction of sp³-hybridized carbons (Fsp3) is 0.0769. The second kappa shape index (κ2) is 5.71. The number of hydrogen-bond donors (Lipinski definition) is 0. The van der Waals surface area contributed by atoms with Gasteiger partial charge in [0, 0.05) is 5.92 Å². The van der Waals surface area contributed by atoms with Gasteiger partial charge in [-0.25, -0.2) is 0 Å². The first-order chi connectivity index (χ1) is 12.8. The third-order valence-electron chi connectivity index (χ3n) is 5.67. The highest BCUT2D eigenvalue weighted by molar-refractivity contribution is 5.92. The van der Waals surface area contributed by atoms with E-state index in [2.05, 4.69) is 98.4 Å². The highest BCUT2D eigenvalue weighted by Gasteiger charge is 2.34. The lowest BCUT2D eigenvalue weighted by Gasteiger charge is -2.17. The maximum atomic E-state index is 4.36. The number of benzene rings is 3. The summed E-state index contributed by atoms with van der Waals surface area (Å²) in [6, 6.07) is 28.2. The molecule has 0 radical (unpaired) electrons. The normalized spacial score (nSPS) is 15.9. The predicted molar refractivity (Wildman–Crippen MR) is 110 cm³/mol. The van der Waals surface area contributed by atoms with Crippen molar-refractivity contribution in [3.63, 3.8) is 0 Å². The summed E-state index contributed by atoms with van der Waals surface area (Å²) in [6.07, 6.45) is 2.29. The molecule has 0 unspecified atom stereocenters. The lowest BCUT2D eigenvalue weighted by molar-refractivity contribution is 0.995. The Labute approximate surface area is 154 Å². The van der Waals surface area contributed by atoms with Crippen molar-refractivity contribution in [2.45, 2.75) is 12.8 Å². The molecule has 0 bridgehead atoms. The van der Waals surface area contributed by atoms with Crippen LogP contribution in [0.2, 0.25) is 0 Å². The second-order valence-electron chi connectivity index (χ2n) is 7.10. The maximum absolute atomic E-state index is 4.36. The van der Waals surface area contributed by atoms with Crippen molar-refractivity contribution < 1.29 is 0 Å². The number of fused-ring (bicyclic) bond motifs is 3. The van der Waals surface area contributed by atoms with Crippen LogP contribution in [0.1, 0.15) is 29.5 Å². The molecule has 0 fully saturated rings. The number of hydrogen-bond acceptors (Lipinski definition) is 0. The molecule has 26 heavy (non-hydrogen) atoms. The van der Waals surface area contributed by atoms with Crippen LogP contribution in [0.25, 0.3) is 16.7 Å². The Hall–Kier alpha value is -3.12. The summed E-state index contributed by atoms with van der Waals surface area (Å²) >= 11 is 0. The lowest BCUT2D eigenvalue weighted by atomic mass is 9.86. The molecular weight excluding hydrogens is 312 g/mol. The van der Waals surface area contributed by atoms with E-state index in [4.69, 9.17) is 0 Å². The van der Waals surface area contributed by atoms with E-state index in [0.29, 0.717) is 5.92 Å². The minimum atomic E-state index is 0.292. The number of allylic oxidation sites excluding steroid dienone is 5. The smallest absolute Gasteiger partial charge is 0.0355 e. The Morgan fingerprint density at radius 2 is 1.23 bits per heavy atom. The second-order valence-corrected chi connectivity index (χ2v) is 7.10. The SMILES string of the molecule is C=C1C=C(C2c3ccccc3-c3ccccc32)C(C)=C1c1ccccc1. The van der Waals surface area contributed by atoms with Crippen molar-refractivity contribution in [3.05, 3.63) is 125 Å². The van der Waals surface area contributed by atoms with Gasteiger partial charge in [0.1, 0.15) is 0 Å². The van der Waals surface area contributed by atoms with Gasteiger partial charge >= 0.3 is 0 Å². The Bertz CT molecular complexity index is 1050. The van der Waals surface area contributed by atoms with E-state index in [9.17, 15) is 0 Å². The van der Waals surface area contributed by atoms with Crippen LogP contribution in [-0.4, -0.2) is 0 Å². The van der Waals surface area contributed by atoms with Crippen LogP contribution in [0.4, 0.5) is 0 Å². The van der Waals surface area contributed by atoms with Crippen molar-refractivity contribution in [2.75, 3.05) is 0 Å². The monoisotopic (exact) mass is 332 g/mol. The third-order valence-corrected chi connectivity index (χ3v) is 5.67. The summed E-state index contributed by atoms with van der Waals surface area (Å²) in [7, 11) is 0. The van der Waals surface area contributed by atoms with E-state index in [1.165, 1.54) is 44.5 Å². The van der Waals surface area contributed by atoms with Crippen molar-refractivity contribution in [1.82, 2.24) is 0 Å². The van der Waals surface area contributed by atoms with Crippen LogP contribution in [0.3, 0.4) is 0 Å². The molecule has 124 valence electrons. The van der Waals surface area contributed by atoms with Crippen molar-refractivity contribution in [3.8, 4) is 11.1 Å². The Balaban J connectivity index is 1.71. The molecule has 0 heterocycles. The van der Waals surface area contributed by atoms with Crippen molar-refractivity contribution in [1.29, 1.82) is 0 Å². The average molecular weight is 332 g/mol. The third kappa shape index (κ3) is 2.09. The van der Waals surface area contributed by atoms with Crippen LogP contribution in [0, 0.1) is 0 Å². The molecule has 0 aromatic heterocycles. The summed E-state index contributed by atoms with van der Waals surface area (Å²) in [5.74, 6) is 0.292. The van der Waals surface area contributed by atoms with Crippen LogP contribution < -0.4 is 0 Å². The lowest BCUT2D eigenvalue weighted by Crippen LogP contribution is -2.01. The first kappa shape index (κ1) is 15.2. The molecule has 0 saturated carbocycles. The fourth-order valence-electron chi connectivity index (χ4n) is 4.55. The minimum absolute atomic E-state index is 0.292. The molecule has 0 aliphatic heterocycles. The maximum Gasteiger partial charge on any atom is 0.0355 e. The Morgan fingerprint density at radius 3 is 1.85 bits per heavy atom. The van der Waals surface area contributed by atoms with Gasteiger partial charge in [-0.15, -0.1) is 0 Å². The molecule has 2 aliphatic carbocycles. The topological polar surface area (TPSA) is 0 Å². The van der Waals surface area contributed by atoms with Gasteiger partial charge in [-0.1, -0.05) is 91.5 Å². The van der Waals surface area contributed by atoms with Gasteiger partial charge < -0.3 is 0 Å². The van der Waals surface area contributed by atoms with E-state index in [-0.39, 0.29) is 0 Å². The Morgan fingerprint density at radius 1 is 0.692 bits per heavy atom. The van der Waals surface area contributed by atoms with Gasteiger partial charge in [-0.2, -0.15) is 0 Å². The van der Waals surface area contributed by atoms with E-state index in [1.807, 2.05) is 0 Å². The summed E-state index contributed by atoms with van der Waals surface area (Å²) in [6.45, 7) is 6.61. The molecule has 0 nitrogen and oxygen atoms in total. The van der Waals surface area contributed by atoms with Gasteiger partial charge in [0.2, 0.25) is 0 Å². The van der Waals surface area contributed by atoms with Crippen molar-refractivity contribution in [2.24, 2.45) is 0 Å². The van der Waals surface area contributed by atoms with Crippen LogP contribution >= 0.6 is 0 Å². The average Bonchev–Trinajstić information content (AvgIpc) is 3.16. The predicted octanol–water partition coefficient (Wildman–Crippen LogP) is 6.77. The van der Waals surface area contributed by atoms with Crippen LogP contribution in [-0.2, 0) is 0 Å². The van der Waals surface area contributed by atoms with Gasteiger partial charge in [-0.3, -0.25) is 0 Å². The zero-order valence-electron chi connectivity index (χ0n) is 14.9. The van der Waals surface area contributed by atoms with Gasteiger partial charge in [0.25, 0.3) is 0 Å². The molecule has 5 rings (SSSR count). The summed E-state index contributed by atoms with van der Waals surface area (Å²) in [5.41, 5.74) is 11.9. The zero-order valence-corrected chi connectivity index (χ0v) is 14.9. The summed E-state index contributed by atoms with van der Waals surface area (Å²) in [4.78, 5) is 0. The quantitative estimate of drug-likeness (QED) is 0.486. The van der Waals surface area contributed by atoms with E-state index < -0.39 is 0 Å². The standard InChI is InChI=1S/C26H20/c1-17-16-24(18(2)25(17)19-10-4-3-5-11-19)26-22-14-8-6-12-20(22)21-13-7-9-15-23(21)26/h3-16,26H,1H2,2H3. The molecular formula is C26H20. The molecule has 0 atom stereocenters. The van der Waals surface area contributed by atoms with E-state index >= 15 is 0 Å². The minimum Gasteiger partial charge on any atom is -0.0911 e. The first-order valence-corrected chi connectivity index (χ1v) is 9.11. The zero-order chi connectivity index (χ0) is 17.7. The van der Waals surface area contributed by atoms with Gasteiger partial charge in [0.05, 0.1) is 0 Å². The largest absolute Gasteiger partial charge is 0.0911 e. The van der Waals surface area contributed by atoms with Gasteiger partial charge in [0.15, 0.2) is 0 Å². The van der Waals surface area contributed by atoms with Crippen LogP contribution in [0.5, 0.6) is 0 Å². The highest BCUT2D eigenvalue weighted by Crippen LogP contribution is 2.52. The molecule has 2 aliphatic rings. The van der Waals surface area contributed by atoms with Gasteiger partial charge in [-0.05, 0) is 57.0 Å². The summed E-state index contributed by atoms with van der Waals surface area (Å²) in [5, 5.41) is 0. The summed E-state index contributed by atoms with van der Waals surface area (Å²) < 4.78 is 0. The number of rotatable bonds is 2. The van der Waals surface area contributed by atoms with E-state index in [0.717, 1.165) is 5.57 Å². The van der Waals surface area contributed by atoms with E-state index in [1.54, 1.807) is 0 Å². The molecule has 0 N–H and O–H groups in total. The Kier molecular flexibility index (Phi) is 3.33. The molecule has 3 aromatic carbocycles. The molecule has 0 heteroatoms. The van der Waals surface area contributed by atoms with Crippen LogP contribution in [0.15, 0.2) is 108 Å². The molecule has 0 amide bonds. The van der Waals surface area contributed by atoms with Crippen molar-refractivity contribution >= 4 is 5.57 Å². The molecule has 0 spiro atoms.